The van der Waals surface area contributed by atoms with E-state index < -0.39 is 0 Å². The Labute approximate surface area is 138 Å². The summed E-state index contributed by atoms with van der Waals surface area (Å²) in [5.41, 5.74) is 3.53. The van der Waals surface area contributed by atoms with Crippen LogP contribution in [0.4, 0.5) is 0 Å². The molecule has 6 heteroatoms. The van der Waals surface area contributed by atoms with Crippen LogP contribution in [0, 0.1) is 13.8 Å². The van der Waals surface area contributed by atoms with Crippen LogP contribution < -0.4 is 4.80 Å². The summed E-state index contributed by atoms with van der Waals surface area (Å²) in [4.78, 5) is 17.4. The van der Waals surface area contributed by atoms with Crippen molar-refractivity contribution in [3.8, 4) is 0 Å². The van der Waals surface area contributed by atoms with Gasteiger partial charge >= 0.3 is 0 Å². The van der Waals surface area contributed by atoms with E-state index in [2.05, 4.69) is 41.8 Å². The predicted octanol–water partition coefficient (Wildman–Crippen LogP) is 2.98. The average Bonchev–Trinajstić information content (AvgIpc) is 3.00. The highest BCUT2D eigenvalue weighted by atomic mass is 32.1. The number of nitrogens with zero attached hydrogens (tertiary/aromatic N) is 4. The number of benzene rings is 1. The van der Waals surface area contributed by atoms with Gasteiger partial charge in [-0.25, -0.2) is 0 Å². The molecule has 1 aromatic carbocycles. The van der Waals surface area contributed by atoms with Crippen LogP contribution in [0.5, 0.6) is 0 Å². The molecular weight excluding hydrogens is 308 g/mol. The summed E-state index contributed by atoms with van der Waals surface area (Å²) in [6.45, 7) is 8.36. The molecule has 23 heavy (non-hydrogen) atoms. The van der Waals surface area contributed by atoms with Crippen molar-refractivity contribution in [2.45, 2.75) is 20.4 Å². The Bertz CT molecular complexity index is 955. The van der Waals surface area contributed by atoms with E-state index in [0.717, 1.165) is 15.9 Å². The molecule has 2 heterocycles. The second kappa shape index (κ2) is 5.96. The van der Waals surface area contributed by atoms with Crippen molar-refractivity contribution in [3.05, 3.63) is 58.7 Å². The lowest BCUT2D eigenvalue weighted by Gasteiger charge is -2.00. The predicted molar refractivity (Wildman–Crippen MR) is 92.6 cm³/mol. The number of hydrogen-bond donors (Lipinski definition) is 0. The number of fused-ring (bicyclic) bond motifs is 1. The largest absolute Gasteiger partial charge is 0.312 e. The third-order valence-corrected chi connectivity index (χ3v) is 4.72. The molecule has 0 aliphatic heterocycles. The molecule has 0 unspecified atom stereocenters. The zero-order chi connectivity index (χ0) is 16.6. The Balaban J connectivity index is 2.15. The number of thiazole rings is 1. The molecule has 118 valence electrons. The molecule has 3 rings (SSSR count). The second-order valence-electron chi connectivity index (χ2n) is 5.47. The van der Waals surface area contributed by atoms with E-state index >= 15 is 0 Å². The molecule has 0 spiro atoms. The van der Waals surface area contributed by atoms with Crippen molar-refractivity contribution in [3.63, 3.8) is 0 Å². The number of carbonyl (C=O) groups is 1. The van der Waals surface area contributed by atoms with Gasteiger partial charge in [0.2, 0.25) is 0 Å². The number of allylic oxidation sites excluding steroid dienone is 1. The number of carbonyl (C=O) groups excluding carboxylic acids is 1. The van der Waals surface area contributed by atoms with Crippen molar-refractivity contribution in [2.24, 2.45) is 12.0 Å². The van der Waals surface area contributed by atoms with E-state index in [9.17, 15) is 4.79 Å². The summed E-state index contributed by atoms with van der Waals surface area (Å²) in [5, 5.41) is 4.20. The normalized spacial score (nSPS) is 12.0. The molecule has 3 aromatic rings. The maximum atomic E-state index is 12.4. The third kappa shape index (κ3) is 2.90. The first-order chi connectivity index (χ1) is 11.0. The van der Waals surface area contributed by atoms with Gasteiger partial charge in [0.05, 0.1) is 10.2 Å². The van der Waals surface area contributed by atoms with E-state index in [0.29, 0.717) is 17.0 Å². The summed E-state index contributed by atoms with van der Waals surface area (Å²) in [7, 11) is 1.81. The highest BCUT2D eigenvalue weighted by Crippen LogP contribution is 2.19. The number of hydrogen-bond acceptors (Lipinski definition) is 3. The van der Waals surface area contributed by atoms with E-state index in [-0.39, 0.29) is 5.91 Å². The summed E-state index contributed by atoms with van der Waals surface area (Å²) >= 11 is 1.51. The third-order valence-electron chi connectivity index (χ3n) is 3.68. The molecule has 0 aliphatic carbocycles. The van der Waals surface area contributed by atoms with Gasteiger partial charge < -0.3 is 4.57 Å². The quantitative estimate of drug-likeness (QED) is 0.695. The number of rotatable bonds is 3. The maximum Gasteiger partial charge on any atom is 0.300 e. The van der Waals surface area contributed by atoms with Gasteiger partial charge in [-0.3, -0.25) is 9.48 Å². The molecule has 0 saturated heterocycles. The van der Waals surface area contributed by atoms with Crippen LogP contribution in [0.2, 0.25) is 0 Å². The van der Waals surface area contributed by atoms with Crippen LogP contribution in [-0.4, -0.2) is 20.3 Å². The molecule has 0 fully saturated rings. The lowest BCUT2D eigenvalue weighted by atomic mass is 10.2. The van der Waals surface area contributed by atoms with Gasteiger partial charge in [0.15, 0.2) is 10.5 Å². The molecule has 0 radical (unpaired) electrons. The Morgan fingerprint density at radius 2 is 2.17 bits per heavy atom. The highest BCUT2D eigenvalue weighted by Gasteiger charge is 2.12. The molecule has 0 saturated carbocycles. The van der Waals surface area contributed by atoms with Gasteiger partial charge in [-0.05, 0) is 37.6 Å². The standard InChI is InChI=1S/C17H18N4OS/c1-5-8-21-14-7-6-11(2)9-15(14)23-17(21)18-16(22)13-10-12(3)20(4)19-13/h5-7,9-10H,1,8H2,2-4H3. The topological polar surface area (TPSA) is 52.2 Å². The van der Waals surface area contributed by atoms with Gasteiger partial charge in [0.25, 0.3) is 5.91 Å². The van der Waals surface area contributed by atoms with Gasteiger partial charge in [0, 0.05) is 19.3 Å². The number of aromatic nitrogens is 3. The minimum atomic E-state index is -0.324. The van der Waals surface area contributed by atoms with Crippen molar-refractivity contribution in [1.29, 1.82) is 0 Å². The average molecular weight is 326 g/mol. The zero-order valence-corrected chi connectivity index (χ0v) is 14.2. The molecule has 0 N–H and O–H groups in total. The summed E-state index contributed by atoms with van der Waals surface area (Å²) in [5.74, 6) is -0.324. The zero-order valence-electron chi connectivity index (χ0n) is 13.4. The minimum Gasteiger partial charge on any atom is -0.312 e. The fourth-order valence-electron chi connectivity index (χ4n) is 2.38. The van der Waals surface area contributed by atoms with Crippen molar-refractivity contribution < 1.29 is 4.79 Å². The van der Waals surface area contributed by atoms with Crippen molar-refractivity contribution >= 4 is 27.5 Å². The first-order valence-corrected chi connectivity index (χ1v) is 8.12. The van der Waals surface area contributed by atoms with Gasteiger partial charge in [-0.15, -0.1) is 6.58 Å². The Hall–Kier alpha value is -2.47. The molecule has 5 nitrogen and oxygen atoms in total. The van der Waals surface area contributed by atoms with E-state index in [1.807, 2.05) is 18.5 Å². The molecule has 2 aromatic heterocycles. The minimum absolute atomic E-state index is 0.324. The highest BCUT2D eigenvalue weighted by molar-refractivity contribution is 7.16. The van der Waals surface area contributed by atoms with Gasteiger partial charge in [-0.1, -0.05) is 23.5 Å². The molecular formula is C17H18N4OS. The van der Waals surface area contributed by atoms with Crippen molar-refractivity contribution in [1.82, 2.24) is 14.3 Å². The Kier molecular flexibility index (Phi) is 4.00. The smallest absolute Gasteiger partial charge is 0.300 e. The SMILES string of the molecule is C=CCn1c(=NC(=O)c2cc(C)n(C)n2)sc2cc(C)ccc21. The first-order valence-electron chi connectivity index (χ1n) is 7.30. The summed E-state index contributed by atoms with van der Waals surface area (Å²) in [6.07, 6.45) is 1.81. The van der Waals surface area contributed by atoms with Crippen LogP contribution in [0.1, 0.15) is 21.7 Å². The number of aryl methyl sites for hydroxylation is 3. The van der Waals surface area contributed by atoms with E-state index in [1.54, 1.807) is 16.8 Å². The molecule has 0 atom stereocenters. The maximum absolute atomic E-state index is 12.4. The first kappa shape index (κ1) is 15.4. The Morgan fingerprint density at radius 3 is 2.83 bits per heavy atom. The Morgan fingerprint density at radius 1 is 1.39 bits per heavy atom. The monoisotopic (exact) mass is 326 g/mol. The molecule has 0 aliphatic rings. The van der Waals surface area contributed by atoms with E-state index in [4.69, 9.17) is 0 Å². The fraction of sp³-hybridized carbons (Fsp3) is 0.235. The summed E-state index contributed by atoms with van der Waals surface area (Å²) in [6, 6.07) is 7.97. The van der Waals surface area contributed by atoms with Gasteiger partial charge in [-0.2, -0.15) is 10.1 Å². The van der Waals surface area contributed by atoms with Crippen LogP contribution in [0.15, 0.2) is 41.9 Å². The van der Waals surface area contributed by atoms with Crippen LogP contribution >= 0.6 is 11.3 Å². The lowest BCUT2D eigenvalue weighted by molar-refractivity contribution is 0.0992. The lowest BCUT2D eigenvalue weighted by Crippen LogP contribution is -2.16. The van der Waals surface area contributed by atoms with E-state index in [1.165, 1.54) is 16.9 Å². The van der Waals surface area contributed by atoms with Gasteiger partial charge in [0.1, 0.15) is 0 Å². The molecule has 1 amide bonds. The van der Waals surface area contributed by atoms with Crippen LogP contribution in [-0.2, 0) is 13.6 Å². The fourth-order valence-corrected chi connectivity index (χ4v) is 3.52. The van der Waals surface area contributed by atoms with Crippen LogP contribution in [0.25, 0.3) is 10.2 Å². The number of amides is 1. The second-order valence-corrected chi connectivity index (χ2v) is 6.48. The summed E-state index contributed by atoms with van der Waals surface area (Å²) < 4.78 is 4.78. The van der Waals surface area contributed by atoms with Crippen LogP contribution in [0.3, 0.4) is 0 Å². The van der Waals surface area contributed by atoms with Crippen molar-refractivity contribution in [2.75, 3.05) is 0 Å². The molecule has 0 bridgehead atoms.